The van der Waals surface area contributed by atoms with Crippen LogP contribution in [0.4, 0.5) is 5.95 Å². The van der Waals surface area contributed by atoms with Crippen molar-refractivity contribution in [2.45, 2.75) is 6.54 Å². The molecular weight excluding hydrogens is 392 g/mol. The van der Waals surface area contributed by atoms with Crippen molar-refractivity contribution in [3.8, 4) is 16.9 Å². The molecule has 0 radical (unpaired) electrons. The van der Waals surface area contributed by atoms with Gasteiger partial charge in [-0.05, 0) is 40.2 Å². The summed E-state index contributed by atoms with van der Waals surface area (Å²) < 4.78 is 2.73. The predicted octanol–water partition coefficient (Wildman–Crippen LogP) is 4.10. The molecule has 0 bridgehead atoms. The topological polar surface area (TPSA) is 68.5 Å². The van der Waals surface area contributed by atoms with Gasteiger partial charge in [0.25, 0.3) is 0 Å². The van der Waals surface area contributed by atoms with Crippen molar-refractivity contribution in [1.29, 1.82) is 0 Å². The number of aromatic nitrogens is 5. The highest BCUT2D eigenvalue weighted by Gasteiger charge is 2.12. The van der Waals surface area contributed by atoms with Crippen LogP contribution in [-0.2, 0) is 6.54 Å². The van der Waals surface area contributed by atoms with Crippen LogP contribution in [0.1, 0.15) is 5.56 Å². The zero-order chi connectivity index (χ0) is 17.8. The molecule has 0 amide bonds. The van der Waals surface area contributed by atoms with Crippen molar-refractivity contribution in [2.24, 2.45) is 0 Å². The number of anilines is 1. The summed E-state index contributed by atoms with van der Waals surface area (Å²) in [5.74, 6) is 0.571. The van der Waals surface area contributed by atoms with Gasteiger partial charge < -0.3 is 5.32 Å². The highest BCUT2D eigenvalue weighted by atomic mass is 79.9. The Morgan fingerprint density at radius 3 is 2.42 bits per heavy atom. The molecule has 1 N–H and O–H groups in total. The predicted molar refractivity (Wildman–Crippen MR) is 104 cm³/mol. The van der Waals surface area contributed by atoms with Crippen LogP contribution in [0.25, 0.3) is 16.9 Å². The molecule has 128 valence electrons. The summed E-state index contributed by atoms with van der Waals surface area (Å²) in [7, 11) is 0. The molecule has 0 atom stereocenters. The summed E-state index contributed by atoms with van der Waals surface area (Å²) in [4.78, 5) is 12.6. The summed E-state index contributed by atoms with van der Waals surface area (Å²) in [5.41, 5.74) is 3.98. The summed E-state index contributed by atoms with van der Waals surface area (Å²) in [6, 6.07) is 13.9. The number of hydrogen-bond donors (Lipinski definition) is 1. The van der Waals surface area contributed by atoms with Gasteiger partial charge in [0.2, 0.25) is 5.95 Å². The van der Waals surface area contributed by atoms with Gasteiger partial charge in [0.15, 0.2) is 0 Å². The normalized spacial score (nSPS) is 10.7. The van der Waals surface area contributed by atoms with E-state index in [0.29, 0.717) is 12.5 Å². The van der Waals surface area contributed by atoms with Crippen LogP contribution in [-0.4, -0.2) is 24.7 Å². The minimum atomic E-state index is 0.562. The van der Waals surface area contributed by atoms with E-state index in [1.165, 1.54) is 0 Å². The third-order valence-electron chi connectivity index (χ3n) is 3.82. The number of rotatable bonds is 5. The molecule has 26 heavy (non-hydrogen) atoms. The standard InChI is InChI=1S/C19H15BrN6/c20-16-11-23-19(24-12-16)22-10-15-13-26(17-4-2-1-3-5-17)25-18(15)14-6-8-21-9-7-14/h1-9,11-13H,10H2,(H,22,23,24). The Morgan fingerprint density at radius 2 is 1.69 bits per heavy atom. The molecule has 0 aliphatic heterocycles. The van der Waals surface area contributed by atoms with Gasteiger partial charge in [0, 0.05) is 48.7 Å². The maximum absolute atomic E-state index is 4.78. The van der Waals surface area contributed by atoms with E-state index in [9.17, 15) is 0 Å². The number of para-hydroxylation sites is 1. The van der Waals surface area contributed by atoms with Crippen LogP contribution in [0.5, 0.6) is 0 Å². The molecule has 0 spiro atoms. The van der Waals surface area contributed by atoms with E-state index in [2.05, 4.69) is 36.2 Å². The Balaban J connectivity index is 1.67. The molecule has 4 aromatic rings. The number of halogens is 1. The fourth-order valence-electron chi connectivity index (χ4n) is 2.58. The van der Waals surface area contributed by atoms with Gasteiger partial charge in [-0.2, -0.15) is 5.10 Å². The summed E-state index contributed by atoms with van der Waals surface area (Å²) >= 11 is 3.34. The maximum atomic E-state index is 4.78. The van der Waals surface area contributed by atoms with Crippen LogP contribution in [0.15, 0.2) is 77.9 Å². The SMILES string of the molecule is Brc1cnc(NCc2cn(-c3ccccc3)nc2-c2ccncc2)nc1. The highest BCUT2D eigenvalue weighted by molar-refractivity contribution is 9.10. The van der Waals surface area contributed by atoms with Crippen LogP contribution < -0.4 is 5.32 Å². The average Bonchev–Trinajstić information content (AvgIpc) is 3.13. The Hall–Kier alpha value is -3.06. The third kappa shape index (κ3) is 3.62. The van der Waals surface area contributed by atoms with Crippen molar-refractivity contribution < 1.29 is 0 Å². The highest BCUT2D eigenvalue weighted by Crippen LogP contribution is 2.24. The van der Waals surface area contributed by atoms with Crippen LogP contribution in [0.2, 0.25) is 0 Å². The second-order valence-corrected chi connectivity index (χ2v) is 6.51. The molecule has 0 saturated heterocycles. The third-order valence-corrected chi connectivity index (χ3v) is 4.23. The molecule has 0 aliphatic carbocycles. The minimum absolute atomic E-state index is 0.562. The van der Waals surface area contributed by atoms with Crippen molar-refractivity contribution >= 4 is 21.9 Å². The van der Waals surface area contributed by atoms with Gasteiger partial charge >= 0.3 is 0 Å². The molecule has 0 unspecified atom stereocenters. The number of nitrogens with zero attached hydrogens (tertiary/aromatic N) is 5. The van der Waals surface area contributed by atoms with Gasteiger partial charge in [0.05, 0.1) is 15.9 Å². The molecule has 1 aromatic carbocycles. The van der Waals surface area contributed by atoms with E-state index < -0.39 is 0 Å². The zero-order valence-electron chi connectivity index (χ0n) is 13.7. The van der Waals surface area contributed by atoms with Gasteiger partial charge in [-0.1, -0.05) is 18.2 Å². The molecule has 4 rings (SSSR count). The lowest BCUT2D eigenvalue weighted by Gasteiger charge is -2.05. The first kappa shape index (κ1) is 16.4. The molecule has 0 aliphatic rings. The van der Waals surface area contributed by atoms with E-state index >= 15 is 0 Å². The fourth-order valence-corrected chi connectivity index (χ4v) is 2.79. The lowest BCUT2D eigenvalue weighted by Crippen LogP contribution is -2.03. The molecule has 0 fully saturated rings. The lowest BCUT2D eigenvalue weighted by atomic mass is 10.1. The van der Waals surface area contributed by atoms with Crippen LogP contribution in [0, 0.1) is 0 Å². The van der Waals surface area contributed by atoms with E-state index in [0.717, 1.165) is 27.0 Å². The van der Waals surface area contributed by atoms with Crippen molar-refractivity contribution in [2.75, 3.05) is 5.32 Å². The van der Waals surface area contributed by atoms with Crippen molar-refractivity contribution in [1.82, 2.24) is 24.7 Å². The van der Waals surface area contributed by atoms with E-state index in [-0.39, 0.29) is 0 Å². The molecule has 6 nitrogen and oxygen atoms in total. The van der Waals surface area contributed by atoms with Crippen LogP contribution in [0.3, 0.4) is 0 Å². The number of nitrogens with one attached hydrogen (secondary N) is 1. The van der Waals surface area contributed by atoms with Crippen molar-refractivity contribution in [3.63, 3.8) is 0 Å². The lowest BCUT2D eigenvalue weighted by molar-refractivity contribution is 0.883. The maximum Gasteiger partial charge on any atom is 0.222 e. The molecule has 3 heterocycles. The molecule has 7 heteroatoms. The average molecular weight is 407 g/mol. The number of pyridine rings is 1. The second-order valence-electron chi connectivity index (χ2n) is 5.60. The van der Waals surface area contributed by atoms with E-state index in [4.69, 9.17) is 5.10 Å². The number of benzene rings is 1. The fraction of sp³-hybridized carbons (Fsp3) is 0.0526. The quantitative estimate of drug-likeness (QED) is 0.540. The van der Waals surface area contributed by atoms with E-state index in [1.807, 2.05) is 53.3 Å². The van der Waals surface area contributed by atoms with Gasteiger partial charge in [-0.3, -0.25) is 4.98 Å². The summed E-state index contributed by atoms with van der Waals surface area (Å²) in [6.07, 6.45) is 8.99. The summed E-state index contributed by atoms with van der Waals surface area (Å²) in [6.45, 7) is 0.562. The Morgan fingerprint density at radius 1 is 0.962 bits per heavy atom. The monoisotopic (exact) mass is 406 g/mol. The summed E-state index contributed by atoms with van der Waals surface area (Å²) in [5, 5.41) is 8.03. The Kier molecular flexibility index (Phi) is 4.70. The first-order chi connectivity index (χ1) is 12.8. The Bertz CT molecular complexity index is 984. The first-order valence-corrected chi connectivity index (χ1v) is 8.85. The van der Waals surface area contributed by atoms with Gasteiger partial charge in [-0.15, -0.1) is 0 Å². The van der Waals surface area contributed by atoms with Gasteiger partial charge in [0.1, 0.15) is 0 Å². The number of hydrogen-bond acceptors (Lipinski definition) is 5. The zero-order valence-corrected chi connectivity index (χ0v) is 15.3. The second kappa shape index (κ2) is 7.45. The minimum Gasteiger partial charge on any atom is -0.350 e. The smallest absolute Gasteiger partial charge is 0.222 e. The molecule has 3 aromatic heterocycles. The van der Waals surface area contributed by atoms with Crippen molar-refractivity contribution in [3.05, 3.63) is 83.5 Å². The van der Waals surface area contributed by atoms with E-state index in [1.54, 1.807) is 24.8 Å². The first-order valence-electron chi connectivity index (χ1n) is 8.05. The largest absolute Gasteiger partial charge is 0.350 e. The molecule has 0 saturated carbocycles. The van der Waals surface area contributed by atoms with Crippen LogP contribution >= 0.6 is 15.9 Å². The Labute approximate surface area is 159 Å². The van der Waals surface area contributed by atoms with Gasteiger partial charge in [-0.25, -0.2) is 14.6 Å². The molecular formula is C19H15BrN6.